The van der Waals surface area contributed by atoms with Crippen LogP contribution in [0.5, 0.6) is 0 Å². The summed E-state index contributed by atoms with van der Waals surface area (Å²) in [4.78, 5) is 17.2. The maximum Gasteiger partial charge on any atom is 0.227 e. The molecule has 2 aromatic rings. The summed E-state index contributed by atoms with van der Waals surface area (Å²) in [6.07, 6.45) is 4.19. The maximum absolute atomic E-state index is 12.1. The number of benzene rings is 1. The van der Waals surface area contributed by atoms with Crippen molar-refractivity contribution in [3.63, 3.8) is 0 Å². The van der Waals surface area contributed by atoms with Crippen molar-refractivity contribution in [2.24, 2.45) is 0 Å². The van der Waals surface area contributed by atoms with Crippen LogP contribution in [0.3, 0.4) is 0 Å². The number of fused-ring (bicyclic) bond motifs is 1. The van der Waals surface area contributed by atoms with Crippen LogP contribution in [0.2, 0.25) is 0 Å². The van der Waals surface area contributed by atoms with E-state index in [1.165, 1.54) is 0 Å². The number of aromatic nitrogens is 1. The SMILES string of the molecule is O=C(CC1CCCO1)Nc1ccc(S)c2ncccc12. The number of amides is 1. The number of rotatable bonds is 3. The molecule has 1 N–H and O–H groups in total. The molecule has 2 heterocycles. The van der Waals surface area contributed by atoms with Gasteiger partial charge in [0.1, 0.15) is 0 Å². The molecule has 1 aromatic heterocycles. The van der Waals surface area contributed by atoms with Gasteiger partial charge in [0, 0.05) is 23.1 Å². The molecule has 0 aliphatic carbocycles. The third-order valence-corrected chi connectivity index (χ3v) is 3.82. The standard InChI is InChI=1S/C15H16N2O2S/c18-14(9-10-3-2-8-19-10)17-12-5-6-13(20)15-11(12)4-1-7-16-15/h1,4-7,10,20H,2-3,8-9H2,(H,17,18). The Hall–Kier alpha value is -1.59. The molecule has 0 bridgehead atoms. The molecule has 0 radical (unpaired) electrons. The van der Waals surface area contributed by atoms with Gasteiger partial charge in [0.2, 0.25) is 5.91 Å². The average molecular weight is 288 g/mol. The number of ether oxygens (including phenoxy) is 1. The molecule has 1 aliphatic heterocycles. The predicted octanol–water partition coefficient (Wildman–Crippen LogP) is 3.03. The van der Waals surface area contributed by atoms with Crippen LogP contribution in [-0.2, 0) is 9.53 Å². The lowest BCUT2D eigenvalue weighted by atomic mass is 10.1. The second-order valence-corrected chi connectivity index (χ2v) is 5.40. The van der Waals surface area contributed by atoms with Crippen molar-refractivity contribution in [2.45, 2.75) is 30.3 Å². The summed E-state index contributed by atoms with van der Waals surface area (Å²) in [5, 5.41) is 3.85. The summed E-state index contributed by atoms with van der Waals surface area (Å²) >= 11 is 4.39. The van der Waals surface area contributed by atoms with Gasteiger partial charge in [-0.15, -0.1) is 12.6 Å². The lowest BCUT2D eigenvalue weighted by Gasteiger charge is -2.12. The van der Waals surface area contributed by atoms with Crippen LogP contribution in [0.4, 0.5) is 5.69 Å². The van der Waals surface area contributed by atoms with Crippen LogP contribution < -0.4 is 5.32 Å². The van der Waals surface area contributed by atoms with E-state index in [-0.39, 0.29) is 12.0 Å². The lowest BCUT2D eigenvalue weighted by Crippen LogP contribution is -2.19. The quantitative estimate of drug-likeness (QED) is 0.854. The van der Waals surface area contributed by atoms with Gasteiger partial charge in [-0.3, -0.25) is 9.78 Å². The van der Waals surface area contributed by atoms with Crippen molar-refractivity contribution in [3.05, 3.63) is 30.5 Å². The number of nitrogens with zero attached hydrogens (tertiary/aromatic N) is 1. The molecule has 0 spiro atoms. The molecule has 20 heavy (non-hydrogen) atoms. The highest BCUT2D eigenvalue weighted by molar-refractivity contribution is 7.80. The molecule has 1 unspecified atom stereocenters. The van der Waals surface area contributed by atoms with E-state index in [0.29, 0.717) is 6.42 Å². The number of nitrogens with one attached hydrogen (secondary N) is 1. The Kier molecular flexibility index (Phi) is 3.89. The zero-order chi connectivity index (χ0) is 13.9. The Morgan fingerprint density at radius 2 is 2.35 bits per heavy atom. The maximum atomic E-state index is 12.1. The number of pyridine rings is 1. The first-order chi connectivity index (χ1) is 9.74. The molecular formula is C15H16N2O2S. The number of hydrogen-bond donors (Lipinski definition) is 2. The molecule has 1 aromatic carbocycles. The van der Waals surface area contributed by atoms with Crippen molar-refractivity contribution >= 4 is 35.1 Å². The van der Waals surface area contributed by atoms with E-state index < -0.39 is 0 Å². The Morgan fingerprint density at radius 1 is 1.45 bits per heavy atom. The van der Waals surface area contributed by atoms with E-state index in [1.807, 2.05) is 24.3 Å². The van der Waals surface area contributed by atoms with Gasteiger partial charge in [-0.25, -0.2) is 0 Å². The first kappa shape index (κ1) is 13.4. The van der Waals surface area contributed by atoms with Crippen molar-refractivity contribution < 1.29 is 9.53 Å². The average Bonchev–Trinajstić information content (AvgIpc) is 2.95. The second kappa shape index (κ2) is 5.81. The van der Waals surface area contributed by atoms with E-state index in [1.54, 1.807) is 6.20 Å². The molecule has 5 heteroatoms. The lowest BCUT2D eigenvalue weighted by molar-refractivity contribution is -0.118. The molecule has 1 fully saturated rings. The third kappa shape index (κ3) is 2.78. The van der Waals surface area contributed by atoms with Crippen LogP contribution in [-0.4, -0.2) is 23.6 Å². The minimum atomic E-state index is -0.0195. The zero-order valence-electron chi connectivity index (χ0n) is 11.0. The molecule has 3 rings (SSSR count). The second-order valence-electron chi connectivity index (χ2n) is 4.92. The zero-order valence-corrected chi connectivity index (χ0v) is 11.9. The largest absolute Gasteiger partial charge is 0.378 e. The minimum Gasteiger partial charge on any atom is -0.378 e. The summed E-state index contributed by atoms with van der Waals surface area (Å²) in [6, 6.07) is 7.49. The molecule has 1 saturated heterocycles. The highest BCUT2D eigenvalue weighted by Gasteiger charge is 2.19. The number of carbonyl (C=O) groups excluding carboxylic acids is 1. The van der Waals surface area contributed by atoms with Gasteiger partial charge in [0.25, 0.3) is 0 Å². The Balaban J connectivity index is 1.80. The molecule has 4 nitrogen and oxygen atoms in total. The first-order valence-electron chi connectivity index (χ1n) is 6.72. The van der Waals surface area contributed by atoms with Gasteiger partial charge < -0.3 is 10.1 Å². The van der Waals surface area contributed by atoms with Crippen LogP contribution in [0, 0.1) is 0 Å². The monoisotopic (exact) mass is 288 g/mol. The third-order valence-electron chi connectivity index (χ3n) is 3.46. The number of hydrogen-bond acceptors (Lipinski definition) is 4. The minimum absolute atomic E-state index is 0.0195. The highest BCUT2D eigenvalue weighted by Crippen LogP contribution is 2.27. The summed E-state index contributed by atoms with van der Waals surface area (Å²) in [6.45, 7) is 0.763. The summed E-state index contributed by atoms with van der Waals surface area (Å²) in [5.74, 6) is -0.0195. The highest BCUT2D eigenvalue weighted by atomic mass is 32.1. The topological polar surface area (TPSA) is 51.2 Å². The van der Waals surface area contributed by atoms with Crippen LogP contribution in [0.25, 0.3) is 10.9 Å². The van der Waals surface area contributed by atoms with E-state index in [9.17, 15) is 4.79 Å². The van der Waals surface area contributed by atoms with Gasteiger partial charge in [0.05, 0.1) is 23.7 Å². The fraction of sp³-hybridized carbons (Fsp3) is 0.333. The van der Waals surface area contributed by atoms with Gasteiger partial charge in [-0.05, 0) is 37.1 Å². The fourth-order valence-corrected chi connectivity index (χ4v) is 2.73. The number of anilines is 1. The molecular weight excluding hydrogens is 272 g/mol. The van der Waals surface area contributed by atoms with Crippen molar-refractivity contribution in [1.29, 1.82) is 0 Å². The van der Waals surface area contributed by atoms with Crippen LogP contribution in [0.15, 0.2) is 35.4 Å². The molecule has 1 amide bonds. The molecule has 104 valence electrons. The normalized spacial score (nSPS) is 18.4. The van der Waals surface area contributed by atoms with E-state index in [0.717, 1.165) is 40.9 Å². The fourth-order valence-electron chi connectivity index (χ4n) is 2.48. The Bertz CT molecular complexity index is 639. The van der Waals surface area contributed by atoms with Crippen LogP contribution >= 0.6 is 12.6 Å². The Labute approximate surface area is 122 Å². The van der Waals surface area contributed by atoms with E-state index >= 15 is 0 Å². The first-order valence-corrected chi connectivity index (χ1v) is 7.17. The molecule has 1 atom stereocenters. The Morgan fingerprint density at radius 3 is 3.15 bits per heavy atom. The van der Waals surface area contributed by atoms with Crippen LogP contribution in [0.1, 0.15) is 19.3 Å². The van der Waals surface area contributed by atoms with E-state index in [4.69, 9.17) is 4.74 Å². The van der Waals surface area contributed by atoms with Gasteiger partial charge in [-0.1, -0.05) is 0 Å². The summed E-state index contributed by atoms with van der Waals surface area (Å²) in [5.41, 5.74) is 1.57. The molecule has 1 aliphatic rings. The molecule has 0 saturated carbocycles. The van der Waals surface area contributed by atoms with Gasteiger partial charge in [-0.2, -0.15) is 0 Å². The van der Waals surface area contributed by atoms with Crippen molar-refractivity contribution in [2.75, 3.05) is 11.9 Å². The number of thiol groups is 1. The van der Waals surface area contributed by atoms with E-state index in [2.05, 4.69) is 22.9 Å². The number of carbonyl (C=O) groups is 1. The summed E-state index contributed by atoms with van der Waals surface area (Å²) in [7, 11) is 0. The summed E-state index contributed by atoms with van der Waals surface area (Å²) < 4.78 is 5.48. The van der Waals surface area contributed by atoms with Crippen molar-refractivity contribution in [3.8, 4) is 0 Å². The predicted molar refractivity (Wildman–Crippen MR) is 81.2 cm³/mol. The van der Waals surface area contributed by atoms with Crippen molar-refractivity contribution in [1.82, 2.24) is 4.98 Å². The van der Waals surface area contributed by atoms with Gasteiger partial charge in [0.15, 0.2) is 0 Å². The van der Waals surface area contributed by atoms with Gasteiger partial charge >= 0.3 is 0 Å². The smallest absolute Gasteiger partial charge is 0.227 e.